The molecule has 4 nitrogen and oxygen atoms in total. The van der Waals surface area contributed by atoms with Crippen LogP contribution in [-0.2, 0) is 15.0 Å². The lowest BCUT2D eigenvalue weighted by atomic mass is 9.95. The second-order valence-electron chi connectivity index (χ2n) is 5.45. The van der Waals surface area contributed by atoms with Crippen LogP contribution < -0.4 is 0 Å². The zero-order valence-electron chi connectivity index (χ0n) is 11.5. The number of halogens is 1. The van der Waals surface area contributed by atoms with Crippen molar-refractivity contribution in [1.29, 1.82) is 0 Å². The van der Waals surface area contributed by atoms with E-state index in [1.54, 1.807) is 0 Å². The average Bonchev–Trinajstić information content (AvgIpc) is 2.73. The summed E-state index contributed by atoms with van der Waals surface area (Å²) < 4.78 is 35.1. The smallest absolute Gasteiger partial charge is 0.307 e. The lowest BCUT2D eigenvalue weighted by Crippen LogP contribution is -2.34. The molecule has 0 spiro atoms. The van der Waals surface area contributed by atoms with Crippen molar-refractivity contribution in [1.82, 2.24) is 4.90 Å². The number of carbonyl (C=O) groups is 1. The molecule has 2 unspecified atom stereocenters. The highest BCUT2D eigenvalue weighted by molar-refractivity contribution is 7.87. The fourth-order valence-electron chi connectivity index (χ4n) is 2.73. The second kappa shape index (κ2) is 5.52. The third-order valence-corrected chi connectivity index (χ3v) is 4.74. The van der Waals surface area contributed by atoms with E-state index in [0.717, 1.165) is 5.56 Å². The molecule has 2 atom stereocenters. The minimum absolute atomic E-state index is 0.0740. The van der Waals surface area contributed by atoms with Crippen LogP contribution in [0.3, 0.4) is 0 Å². The van der Waals surface area contributed by atoms with E-state index in [1.807, 2.05) is 44.2 Å². The molecule has 0 aromatic heterocycles. The van der Waals surface area contributed by atoms with Gasteiger partial charge in [-0.2, -0.15) is 8.42 Å². The van der Waals surface area contributed by atoms with Crippen molar-refractivity contribution in [3.63, 3.8) is 0 Å². The van der Waals surface area contributed by atoms with Gasteiger partial charge in [0.25, 0.3) is 0 Å². The summed E-state index contributed by atoms with van der Waals surface area (Å²) in [5.41, 5.74) is 0.938. The predicted molar refractivity (Wildman–Crippen MR) is 74.2 cm³/mol. The summed E-state index contributed by atoms with van der Waals surface area (Å²) in [5.74, 6) is -0.193. The summed E-state index contributed by atoms with van der Waals surface area (Å²) in [7, 11) is -4.67. The molecule has 1 aliphatic rings. The number of carbonyl (C=O) groups excluding carboxylic acids is 1. The van der Waals surface area contributed by atoms with Gasteiger partial charge in [-0.1, -0.05) is 44.2 Å². The third kappa shape index (κ3) is 3.00. The van der Waals surface area contributed by atoms with Crippen molar-refractivity contribution in [2.75, 3.05) is 6.54 Å². The zero-order valence-corrected chi connectivity index (χ0v) is 12.3. The molecule has 0 N–H and O–H groups in total. The molecular weight excluding hydrogens is 281 g/mol. The van der Waals surface area contributed by atoms with E-state index < -0.39 is 15.5 Å². The average molecular weight is 299 g/mol. The minimum atomic E-state index is -4.67. The largest absolute Gasteiger partial charge is 0.334 e. The molecule has 1 fully saturated rings. The monoisotopic (exact) mass is 299 g/mol. The predicted octanol–water partition coefficient (Wildman–Crippen LogP) is 2.28. The summed E-state index contributed by atoms with van der Waals surface area (Å²) >= 11 is 0. The summed E-state index contributed by atoms with van der Waals surface area (Å²) in [6.07, 6.45) is -0.269. The van der Waals surface area contributed by atoms with E-state index in [4.69, 9.17) is 0 Å². The van der Waals surface area contributed by atoms with Gasteiger partial charge in [-0.25, -0.2) is 0 Å². The van der Waals surface area contributed by atoms with Crippen LogP contribution in [0.2, 0.25) is 0 Å². The van der Waals surface area contributed by atoms with E-state index in [0.29, 0.717) is 0 Å². The molecule has 1 aliphatic heterocycles. The quantitative estimate of drug-likeness (QED) is 0.802. The Balaban J connectivity index is 2.30. The van der Waals surface area contributed by atoms with Crippen molar-refractivity contribution in [3.8, 4) is 0 Å². The first-order chi connectivity index (χ1) is 9.30. The van der Waals surface area contributed by atoms with Crippen LogP contribution in [0, 0.1) is 5.92 Å². The highest BCUT2D eigenvalue weighted by Gasteiger charge is 2.42. The maximum atomic E-state index is 13.1. The van der Waals surface area contributed by atoms with Gasteiger partial charge in [0.05, 0.1) is 6.04 Å². The van der Waals surface area contributed by atoms with Gasteiger partial charge in [-0.3, -0.25) is 4.79 Å². The number of hydrogen-bond acceptors (Lipinski definition) is 3. The van der Waals surface area contributed by atoms with Crippen LogP contribution in [0.15, 0.2) is 30.3 Å². The van der Waals surface area contributed by atoms with Crippen LogP contribution in [0.1, 0.15) is 31.9 Å². The van der Waals surface area contributed by atoms with Crippen molar-refractivity contribution in [3.05, 3.63) is 35.9 Å². The zero-order chi connectivity index (χ0) is 14.9. The molecule has 1 aromatic rings. The van der Waals surface area contributed by atoms with E-state index in [9.17, 15) is 17.1 Å². The van der Waals surface area contributed by atoms with E-state index in [1.165, 1.54) is 4.90 Å². The molecule has 1 aromatic carbocycles. The lowest BCUT2D eigenvalue weighted by molar-refractivity contribution is -0.130. The SMILES string of the molecule is CC(C)C(c1ccccc1)N1CC(S(=O)(=O)F)CC1=O. The Morgan fingerprint density at radius 2 is 1.85 bits per heavy atom. The molecule has 0 saturated carbocycles. The fraction of sp³-hybridized carbons (Fsp3) is 0.500. The first-order valence-corrected chi connectivity index (χ1v) is 8.03. The highest BCUT2D eigenvalue weighted by atomic mass is 32.3. The molecule has 1 saturated heterocycles. The maximum absolute atomic E-state index is 13.1. The summed E-state index contributed by atoms with van der Waals surface area (Å²) in [6.45, 7) is 3.85. The minimum Gasteiger partial charge on any atom is -0.334 e. The van der Waals surface area contributed by atoms with Crippen molar-refractivity contribution in [2.24, 2.45) is 5.92 Å². The molecule has 20 heavy (non-hydrogen) atoms. The Morgan fingerprint density at radius 1 is 1.25 bits per heavy atom. The van der Waals surface area contributed by atoms with Gasteiger partial charge in [0.1, 0.15) is 5.25 Å². The number of nitrogens with zero attached hydrogens (tertiary/aromatic N) is 1. The number of hydrogen-bond donors (Lipinski definition) is 0. The van der Waals surface area contributed by atoms with Crippen molar-refractivity contribution < 1.29 is 17.1 Å². The van der Waals surface area contributed by atoms with Gasteiger partial charge < -0.3 is 4.90 Å². The molecule has 0 aliphatic carbocycles. The Kier molecular flexibility index (Phi) is 4.13. The summed E-state index contributed by atoms with van der Waals surface area (Å²) in [6, 6.07) is 9.19. The van der Waals surface area contributed by atoms with Crippen molar-refractivity contribution >= 4 is 16.1 Å². The first-order valence-electron chi connectivity index (χ1n) is 6.58. The fourth-order valence-corrected chi connectivity index (χ4v) is 3.41. The van der Waals surface area contributed by atoms with E-state index in [2.05, 4.69) is 0 Å². The normalized spacial score (nSPS) is 21.5. The van der Waals surface area contributed by atoms with Gasteiger partial charge in [0.15, 0.2) is 0 Å². The Hall–Kier alpha value is -1.43. The van der Waals surface area contributed by atoms with Crippen molar-refractivity contribution in [2.45, 2.75) is 31.6 Å². The van der Waals surface area contributed by atoms with Gasteiger partial charge >= 0.3 is 10.2 Å². The van der Waals surface area contributed by atoms with Crippen LogP contribution in [0.5, 0.6) is 0 Å². The second-order valence-corrected chi connectivity index (χ2v) is 7.07. The molecule has 110 valence electrons. The van der Waals surface area contributed by atoms with Crippen LogP contribution >= 0.6 is 0 Å². The van der Waals surface area contributed by atoms with Gasteiger partial charge in [0.2, 0.25) is 5.91 Å². The van der Waals surface area contributed by atoms with Gasteiger partial charge in [0, 0.05) is 13.0 Å². The van der Waals surface area contributed by atoms with Gasteiger partial charge in [-0.05, 0) is 11.5 Å². The number of benzene rings is 1. The molecule has 2 rings (SSSR count). The van der Waals surface area contributed by atoms with E-state index in [-0.39, 0.29) is 30.8 Å². The summed E-state index contributed by atoms with van der Waals surface area (Å²) in [4.78, 5) is 13.5. The molecule has 1 heterocycles. The van der Waals surface area contributed by atoms with Crippen LogP contribution in [0.4, 0.5) is 3.89 Å². The standard InChI is InChI=1S/C14H18FNO3S/c1-10(2)14(11-6-4-3-5-7-11)16-9-12(8-13(16)17)20(15,18)19/h3-7,10,12,14H,8-9H2,1-2H3. The number of amides is 1. The molecular formula is C14H18FNO3S. The molecule has 6 heteroatoms. The Bertz CT molecular complexity index is 586. The maximum Gasteiger partial charge on any atom is 0.307 e. The summed E-state index contributed by atoms with van der Waals surface area (Å²) in [5, 5.41) is -1.24. The van der Waals surface area contributed by atoms with Gasteiger partial charge in [-0.15, -0.1) is 3.89 Å². The number of rotatable bonds is 4. The highest BCUT2D eigenvalue weighted by Crippen LogP contribution is 2.33. The first kappa shape index (κ1) is 15.0. The van der Waals surface area contributed by atoms with E-state index >= 15 is 0 Å². The third-order valence-electron chi connectivity index (χ3n) is 3.63. The molecule has 0 radical (unpaired) electrons. The molecule has 1 amide bonds. The molecule has 0 bridgehead atoms. The number of likely N-dealkylation sites (tertiary alicyclic amines) is 1. The lowest BCUT2D eigenvalue weighted by Gasteiger charge is -2.31. The topological polar surface area (TPSA) is 54.5 Å². The Morgan fingerprint density at radius 3 is 2.30 bits per heavy atom. The van der Waals surface area contributed by atoms with Crippen LogP contribution in [-0.4, -0.2) is 31.0 Å². The van der Waals surface area contributed by atoms with Crippen LogP contribution in [0.25, 0.3) is 0 Å². The Labute approximate surface area is 118 Å².